The molecule has 0 atom stereocenters. The van der Waals surface area contributed by atoms with E-state index < -0.39 is 0 Å². The molecule has 1 aliphatic heterocycles. The van der Waals surface area contributed by atoms with Crippen LogP contribution >= 0.6 is 12.2 Å². The predicted octanol–water partition coefficient (Wildman–Crippen LogP) is 2.47. The Bertz CT molecular complexity index is 603. The van der Waals surface area contributed by atoms with Crippen LogP contribution in [0.3, 0.4) is 0 Å². The highest BCUT2D eigenvalue weighted by Crippen LogP contribution is 2.25. The summed E-state index contributed by atoms with van der Waals surface area (Å²) in [6, 6.07) is 10.0. The van der Waals surface area contributed by atoms with Gasteiger partial charge in [0, 0.05) is 24.0 Å². The maximum atomic E-state index is 5.83. The Hall–Kier alpha value is -1.68. The molecular weight excluding hydrogens is 242 g/mol. The quantitative estimate of drug-likeness (QED) is 0.839. The van der Waals surface area contributed by atoms with Crippen molar-refractivity contribution in [2.45, 2.75) is 12.8 Å². The van der Waals surface area contributed by atoms with Crippen molar-refractivity contribution < 1.29 is 0 Å². The van der Waals surface area contributed by atoms with Crippen LogP contribution in [0, 0.1) is 0 Å². The maximum absolute atomic E-state index is 5.83. The number of aromatic nitrogens is 1. The molecule has 3 rings (SSSR count). The first-order chi connectivity index (χ1) is 8.75. The van der Waals surface area contributed by atoms with E-state index in [-0.39, 0.29) is 0 Å². The molecule has 0 spiro atoms. The fourth-order valence-electron chi connectivity index (χ4n) is 2.47. The van der Waals surface area contributed by atoms with Crippen LogP contribution in [0.5, 0.6) is 0 Å². The summed E-state index contributed by atoms with van der Waals surface area (Å²) in [5, 5.41) is 1.04. The lowest BCUT2D eigenvalue weighted by molar-refractivity contribution is 0.943. The summed E-state index contributed by atoms with van der Waals surface area (Å²) in [5.41, 5.74) is 7.72. The zero-order valence-corrected chi connectivity index (χ0v) is 10.9. The van der Waals surface area contributed by atoms with Gasteiger partial charge in [0.05, 0.1) is 5.52 Å². The zero-order chi connectivity index (χ0) is 12.5. The minimum atomic E-state index is 0.439. The number of benzene rings is 1. The van der Waals surface area contributed by atoms with Crippen LogP contribution < -0.4 is 10.6 Å². The van der Waals surface area contributed by atoms with Crippen molar-refractivity contribution in [1.29, 1.82) is 0 Å². The van der Waals surface area contributed by atoms with Crippen molar-refractivity contribution in [3.05, 3.63) is 35.9 Å². The van der Waals surface area contributed by atoms with E-state index in [2.05, 4.69) is 4.90 Å². The molecule has 1 saturated heterocycles. The number of anilines is 1. The van der Waals surface area contributed by atoms with Gasteiger partial charge >= 0.3 is 0 Å². The highest BCUT2D eigenvalue weighted by atomic mass is 32.1. The summed E-state index contributed by atoms with van der Waals surface area (Å²) < 4.78 is 0. The Morgan fingerprint density at radius 1 is 1.22 bits per heavy atom. The number of thiocarbonyl (C=S) groups is 1. The van der Waals surface area contributed by atoms with Crippen LogP contribution in [0.4, 0.5) is 5.82 Å². The molecule has 2 aromatic rings. The second-order valence-electron chi connectivity index (χ2n) is 4.60. The highest BCUT2D eigenvalue weighted by Gasteiger charge is 2.16. The Balaban J connectivity index is 2.19. The molecule has 92 valence electrons. The average Bonchev–Trinajstić information content (AvgIpc) is 2.91. The number of hydrogen-bond acceptors (Lipinski definition) is 3. The van der Waals surface area contributed by atoms with Gasteiger partial charge in [-0.3, -0.25) is 0 Å². The third-order valence-corrected chi connectivity index (χ3v) is 3.62. The van der Waals surface area contributed by atoms with Crippen LogP contribution in [0.1, 0.15) is 18.4 Å². The van der Waals surface area contributed by atoms with Crippen molar-refractivity contribution in [1.82, 2.24) is 4.98 Å². The van der Waals surface area contributed by atoms with Gasteiger partial charge in [-0.25, -0.2) is 4.98 Å². The molecule has 0 amide bonds. The minimum absolute atomic E-state index is 0.439. The van der Waals surface area contributed by atoms with Gasteiger partial charge in [-0.2, -0.15) is 0 Å². The predicted molar refractivity (Wildman–Crippen MR) is 79.1 cm³/mol. The molecule has 0 saturated carbocycles. The number of fused-ring (bicyclic) bond motifs is 1. The Morgan fingerprint density at radius 3 is 2.67 bits per heavy atom. The van der Waals surface area contributed by atoms with Gasteiger partial charge in [0.2, 0.25) is 0 Å². The lowest BCUT2D eigenvalue weighted by Gasteiger charge is -2.18. The SMILES string of the molecule is NC(=S)c1cc(N2CCCC2)nc2ccccc12. The number of rotatable bonds is 2. The normalized spacial score (nSPS) is 15.2. The van der Waals surface area contributed by atoms with E-state index in [1.165, 1.54) is 12.8 Å². The standard InChI is InChI=1S/C14H15N3S/c15-14(18)11-9-13(17-7-3-4-8-17)16-12-6-2-1-5-10(11)12/h1-2,5-6,9H,3-4,7-8H2,(H2,15,18). The van der Waals surface area contributed by atoms with Gasteiger partial charge in [-0.05, 0) is 25.0 Å². The van der Waals surface area contributed by atoms with Crippen LogP contribution in [0.15, 0.2) is 30.3 Å². The molecule has 1 aliphatic rings. The number of pyridine rings is 1. The maximum Gasteiger partial charge on any atom is 0.129 e. The van der Waals surface area contributed by atoms with E-state index in [0.717, 1.165) is 35.4 Å². The summed E-state index contributed by atoms with van der Waals surface area (Å²) in [4.78, 5) is 7.45. The smallest absolute Gasteiger partial charge is 0.129 e. The van der Waals surface area contributed by atoms with Gasteiger partial charge < -0.3 is 10.6 Å². The van der Waals surface area contributed by atoms with Crippen LogP contribution in [-0.4, -0.2) is 23.1 Å². The topological polar surface area (TPSA) is 42.1 Å². The Kier molecular flexibility index (Phi) is 2.88. The molecule has 1 aromatic carbocycles. The monoisotopic (exact) mass is 257 g/mol. The number of nitrogens with two attached hydrogens (primary N) is 1. The molecule has 0 bridgehead atoms. The van der Waals surface area contributed by atoms with Gasteiger partial charge in [-0.15, -0.1) is 0 Å². The summed E-state index contributed by atoms with van der Waals surface area (Å²) in [5.74, 6) is 0.994. The van der Waals surface area contributed by atoms with E-state index in [1.54, 1.807) is 0 Å². The molecule has 2 heterocycles. The summed E-state index contributed by atoms with van der Waals surface area (Å²) in [6.07, 6.45) is 2.47. The van der Waals surface area contributed by atoms with Gasteiger partial charge in [0.1, 0.15) is 10.8 Å². The Morgan fingerprint density at radius 2 is 1.94 bits per heavy atom. The van der Waals surface area contributed by atoms with Crippen LogP contribution in [0.2, 0.25) is 0 Å². The lowest BCUT2D eigenvalue weighted by Crippen LogP contribution is -2.20. The van der Waals surface area contributed by atoms with Crippen LogP contribution in [-0.2, 0) is 0 Å². The molecule has 4 heteroatoms. The molecule has 1 fully saturated rings. The molecule has 0 aliphatic carbocycles. The fraction of sp³-hybridized carbons (Fsp3) is 0.286. The van der Waals surface area contributed by atoms with Crippen molar-refractivity contribution in [2.24, 2.45) is 5.73 Å². The third kappa shape index (κ3) is 1.93. The summed E-state index contributed by atoms with van der Waals surface area (Å²) >= 11 is 5.16. The lowest BCUT2D eigenvalue weighted by atomic mass is 10.1. The van der Waals surface area contributed by atoms with Crippen molar-refractivity contribution in [3.63, 3.8) is 0 Å². The zero-order valence-electron chi connectivity index (χ0n) is 10.1. The highest BCUT2D eigenvalue weighted by molar-refractivity contribution is 7.80. The van der Waals surface area contributed by atoms with Crippen molar-refractivity contribution in [3.8, 4) is 0 Å². The summed E-state index contributed by atoms with van der Waals surface area (Å²) in [6.45, 7) is 2.14. The molecule has 2 N–H and O–H groups in total. The molecule has 3 nitrogen and oxygen atoms in total. The first-order valence-electron chi connectivity index (χ1n) is 6.20. The fourth-order valence-corrected chi connectivity index (χ4v) is 2.64. The van der Waals surface area contributed by atoms with E-state index in [0.29, 0.717) is 4.99 Å². The largest absolute Gasteiger partial charge is 0.389 e. The third-order valence-electron chi connectivity index (χ3n) is 3.40. The van der Waals surface area contributed by atoms with E-state index in [4.69, 9.17) is 22.9 Å². The molecule has 0 radical (unpaired) electrons. The van der Waals surface area contributed by atoms with Crippen molar-refractivity contribution in [2.75, 3.05) is 18.0 Å². The molecule has 0 unspecified atom stereocenters. The minimum Gasteiger partial charge on any atom is -0.389 e. The van der Waals surface area contributed by atoms with Gasteiger partial charge in [-0.1, -0.05) is 30.4 Å². The number of para-hydroxylation sites is 1. The van der Waals surface area contributed by atoms with E-state index in [1.807, 2.05) is 30.3 Å². The summed E-state index contributed by atoms with van der Waals surface area (Å²) in [7, 11) is 0. The van der Waals surface area contributed by atoms with Crippen LogP contribution in [0.25, 0.3) is 10.9 Å². The molecular formula is C14H15N3S. The second kappa shape index (κ2) is 4.53. The molecule has 1 aromatic heterocycles. The van der Waals surface area contributed by atoms with E-state index >= 15 is 0 Å². The van der Waals surface area contributed by atoms with Crippen molar-refractivity contribution >= 4 is 33.9 Å². The first kappa shape index (κ1) is 11.4. The number of nitrogens with zero attached hydrogens (tertiary/aromatic N) is 2. The van der Waals surface area contributed by atoms with E-state index in [9.17, 15) is 0 Å². The Labute approximate surface area is 112 Å². The first-order valence-corrected chi connectivity index (χ1v) is 6.61. The van der Waals surface area contributed by atoms with Gasteiger partial charge in [0.15, 0.2) is 0 Å². The molecule has 18 heavy (non-hydrogen) atoms. The average molecular weight is 257 g/mol. The number of hydrogen-bond donors (Lipinski definition) is 1. The van der Waals surface area contributed by atoms with Gasteiger partial charge in [0.25, 0.3) is 0 Å². The second-order valence-corrected chi connectivity index (χ2v) is 5.04.